The highest BCUT2D eigenvalue weighted by Crippen LogP contribution is 2.59. The van der Waals surface area contributed by atoms with E-state index in [0.717, 1.165) is 0 Å². The number of anilines is 1. The number of carbonyl (C=O) groups excluding carboxylic acids is 1. The highest BCUT2D eigenvalue weighted by molar-refractivity contribution is 7.89. The molecule has 26 heavy (non-hydrogen) atoms. The molecular formula is C19H19FN2O3S. The molecule has 0 bridgehead atoms. The number of nitrogens with one attached hydrogen (secondary N) is 1. The molecule has 1 amide bonds. The minimum absolute atomic E-state index is 0.172. The first-order chi connectivity index (χ1) is 12.4. The summed E-state index contributed by atoms with van der Waals surface area (Å²) in [5, 5.41) is 2.73. The quantitative estimate of drug-likeness (QED) is 0.895. The van der Waals surface area contributed by atoms with Crippen molar-refractivity contribution in [3.8, 4) is 0 Å². The minimum atomic E-state index is -3.53. The van der Waals surface area contributed by atoms with Gasteiger partial charge in [0.15, 0.2) is 0 Å². The monoisotopic (exact) mass is 374 g/mol. The number of sulfonamides is 1. The molecular weight excluding hydrogens is 355 g/mol. The number of benzene rings is 2. The zero-order valence-corrected chi connectivity index (χ0v) is 14.9. The largest absolute Gasteiger partial charge is 0.326 e. The highest BCUT2D eigenvalue weighted by Gasteiger charge is 2.62. The fourth-order valence-corrected chi connectivity index (χ4v) is 5.33. The summed E-state index contributed by atoms with van der Waals surface area (Å²) >= 11 is 0. The number of rotatable bonds is 4. The van der Waals surface area contributed by atoms with E-state index >= 15 is 0 Å². The number of amides is 1. The topological polar surface area (TPSA) is 66.5 Å². The first-order valence-electron chi connectivity index (χ1n) is 8.52. The molecule has 2 aromatic rings. The molecule has 7 heteroatoms. The van der Waals surface area contributed by atoms with E-state index in [1.165, 1.54) is 22.5 Å². The Bertz CT molecular complexity index is 948. The molecule has 0 aromatic heterocycles. The van der Waals surface area contributed by atoms with Crippen LogP contribution in [0.15, 0.2) is 59.5 Å². The van der Waals surface area contributed by atoms with Crippen LogP contribution in [0.4, 0.5) is 10.1 Å². The van der Waals surface area contributed by atoms with Gasteiger partial charge in [-0.3, -0.25) is 4.79 Å². The van der Waals surface area contributed by atoms with Crippen LogP contribution in [0.1, 0.15) is 12.8 Å². The smallest absolute Gasteiger partial charge is 0.243 e. The van der Waals surface area contributed by atoms with E-state index in [0.29, 0.717) is 31.6 Å². The normalized spacial score (nSPS) is 25.3. The fourth-order valence-electron chi connectivity index (χ4n) is 3.77. The van der Waals surface area contributed by atoms with Crippen LogP contribution in [-0.2, 0) is 14.8 Å². The van der Waals surface area contributed by atoms with Crippen molar-refractivity contribution in [3.05, 3.63) is 60.4 Å². The van der Waals surface area contributed by atoms with Gasteiger partial charge in [-0.2, -0.15) is 4.31 Å². The summed E-state index contributed by atoms with van der Waals surface area (Å²) in [5.41, 5.74) is 0.128. The van der Waals surface area contributed by atoms with Gasteiger partial charge in [0, 0.05) is 24.7 Å². The van der Waals surface area contributed by atoms with Crippen LogP contribution in [0, 0.1) is 17.2 Å². The van der Waals surface area contributed by atoms with Crippen molar-refractivity contribution in [2.75, 3.05) is 18.4 Å². The van der Waals surface area contributed by atoms with Gasteiger partial charge in [-0.05, 0) is 48.6 Å². The molecule has 2 aliphatic rings. The summed E-state index contributed by atoms with van der Waals surface area (Å²) in [7, 11) is -3.53. The van der Waals surface area contributed by atoms with Gasteiger partial charge >= 0.3 is 0 Å². The van der Waals surface area contributed by atoms with Gasteiger partial charge in [-0.15, -0.1) is 0 Å². The maximum atomic E-state index is 13.2. The van der Waals surface area contributed by atoms with Gasteiger partial charge in [-0.25, -0.2) is 12.8 Å². The molecule has 2 aromatic carbocycles. The maximum absolute atomic E-state index is 13.2. The zero-order valence-electron chi connectivity index (χ0n) is 14.1. The Morgan fingerprint density at radius 1 is 1.15 bits per heavy atom. The van der Waals surface area contributed by atoms with E-state index < -0.39 is 15.8 Å². The standard InChI is InChI=1S/C19H19FN2O3S/c20-14-5-4-6-15(11-14)21-18(23)17-12-19(17)9-10-22(13-19)26(24,25)16-7-2-1-3-8-16/h1-8,11,17H,9-10,12-13H2,(H,21,23). The van der Waals surface area contributed by atoms with Crippen LogP contribution >= 0.6 is 0 Å². The molecule has 1 aliphatic heterocycles. The number of hydrogen-bond acceptors (Lipinski definition) is 3. The van der Waals surface area contributed by atoms with E-state index in [4.69, 9.17) is 0 Å². The number of carbonyl (C=O) groups is 1. The Morgan fingerprint density at radius 3 is 2.65 bits per heavy atom. The van der Waals surface area contributed by atoms with Crippen LogP contribution in [0.2, 0.25) is 0 Å². The number of halogens is 1. The molecule has 1 spiro atoms. The molecule has 2 fully saturated rings. The van der Waals surface area contributed by atoms with E-state index in [-0.39, 0.29) is 22.1 Å². The van der Waals surface area contributed by atoms with Crippen LogP contribution in [0.3, 0.4) is 0 Å². The van der Waals surface area contributed by atoms with E-state index in [9.17, 15) is 17.6 Å². The predicted molar refractivity (Wildman–Crippen MR) is 95.4 cm³/mol. The molecule has 2 unspecified atom stereocenters. The Labute approximate surface area is 151 Å². The van der Waals surface area contributed by atoms with Crippen molar-refractivity contribution < 1.29 is 17.6 Å². The molecule has 1 saturated heterocycles. The molecule has 2 atom stereocenters. The van der Waals surface area contributed by atoms with Gasteiger partial charge < -0.3 is 5.32 Å². The van der Waals surface area contributed by atoms with E-state index in [2.05, 4.69) is 5.32 Å². The van der Waals surface area contributed by atoms with Crippen molar-refractivity contribution in [2.24, 2.45) is 11.3 Å². The zero-order chi connectivity index (χ0) is 18.4. The molecule has 4 rings (SSSR count). The molecule has 1 heterocycles. The first kappa shape index (κ1) is 17.2. The van der Waals surface area contributed by atoms with Crippen molar-refractivity contribution in [1.29, 1.82) is 0 Å². The predicted octanol–water partition coefficient (Wildman–Crippen LogP) is 2.87. The molecule has 0 radical (unpaired) electrons. The van der Waals surface area contributed by atoms with Gasteiger partial charge in [-0.1, -0.05) is 24.3 Å². The Balaban J connectivity index is 1.44. The maximum Gasteiger partial charge on any atom is 0.243 e. The van der Waals surface area contributed by atoms with Crippen molar-refractivity contribution in [2.45, 2.75) is 17.7 Å². The van der Waals surface area contributed by atoms with E-state index in [1.807, 2.05) is 0 Å². The Morgan fingerprint density at radius 2 is 1.92 bits per heavy atom. The van der Waals surface area contributed by atoms with Crippen LogP contribution in [0.25, 0.3) is 0 Å². The third kappa shape index (κ3) is 3.01. The lowest BCUT2D eigenvalue weighted by molar-refractivity contribution is -0.118. The summed E-state index contributed by atoms with van der Waals surface area (Å²) in [4.78, 5) is 12.7. The van der Waals surface area contributed by atoms with Crippen LogP contribution in [-0.4, -0.2) is 31.7 Å². The molecule has 5 nitrogen and oxygen atoms in total. The summed E-state index contributed by atoms with van der Waals surface area (Å²) < 4.78 is 40.2. The third-order valence-corrected chi connectivity index (χ3v) is 7.19. The van der Waals surface area contributed by atoms with Gasteiger partial charge in [0.1, 0.15) is 5.82 Å². The van der Waals surface area contributed by atoms with Gasteiger partial charge in [0.2, 0.25) is 15.9 Å². The van der Waals surface area contributed by atoms with Crippen molar-refractivity contribution >= 4 is 21.6 Å². The molecule has 1 N–H and O–H groups in total. The van der Waals surface area contributed by atoms with Gasteiger partial charge in [0.05, 0.1) is 4.90 Å². The van der Waals surface area contributed by atoms with Gasteiger partial charge in [0.25, 0.3) is 0 Å². The SMILES string of the molecule is O=C(Nc1cccc(F)c1)C1CC12CCN(S(=O)(=O)c1ccccc1)C2. The second kappa shape index (κ2) is 6.17. The Hall–Kier alpha value is -2.25. The summed E-state index contributed by atoms with van der Waals surface area (Å²) in [6.45, 7) is 0.770. The third-order valence-electron chi connectivity index (χ3n) is 5.33. The van der Waals surface area contributed by atoms with Crippen molar-refractivity contribution in [3.63, 3.8) is 0 Å². The lowest BCUT2D eigenvalue weighted by atomic mass is 10.0. The molecule has 136 valence electrons. The number of hydrogen-bond donors (Lipinski definition) is 1. The molecule has 1 aliphatic carbocycles. The highest BCUT2D eigenvalue weighted by atomic mass is 32.2. The average molecular weight is 374 g/mol. The van der Waals surface area contributed by atoms with Crippen LogP contribution in [0.5, 0.6) is 0 Å². The lowest BCUT2D eigenvalue weighted by Gasteiger charge is -2.16. The summed E-state index contributed by atoms with van der Waals surface area (Å²) in [6, 6.07) is 14.1. The van der Waals surface area contributed by atoms with Crippen molar-refractivity contribution in [1.82, 2.24) is 4.31 Å². The molecule has 1 saturated carbocycles. The lowest BCUT2D eigenvalue weighted by Crippen LogP contribution is -2.30. The average Bonchev–Trinajstić information content (AvgIpc) is 3.15. The summed E-state index contributed by atoms with van der Waals surface area (Å²) in [5.74, 6) is -0.814. The fraction of sp³-hybridized carbons (Fsp3) is 0.316. The second-order valence-electron chi connectivity index (χ2n) is 7.02. The second-order valence-corrected chi connectivity index (χ2v) is 8.96. The van der Waals surface area contributed by atoms with E-state index in [1.54, 1.807) is 36.4 Å². The van der Waals surface area contributed by atoms with Crippen LogP contribution < -0.4 is 5.32 Å². The summed E-state index contributed by atoms with van der Waals surface area (Å²) in [6.07, 6.45) is 1.33. The Kier molecular flexibility index (Phi) is 4.08. The first-order valence-corrected chi connectivity index (χ1v) is 9.96. The number of nitrogens with zero attached hydrogens (tertiary/aromatic N) is 1. The minimum Gasteiger partial charge on any atom is -0.326 e.